The number of nitrogens with one attached hydrogen (secondary N) is 1. The Morgan fingerprint density at radius 2 is 2.20 bits per heavy atom. The topological polar surface area (TPSA) is 49.3 Å². The minimum atomic E-state index is -0.687. The number of unbranched alkanes of at least 4 members (excludes halogenated alkanes) is 3. The fourth-order valence-corrected chi connectivity index (χ4v) is 2.31. The van der Waals surface area contributed by atoms with Crippen LogP contribution in [0.5, 0.6) is 0 Å². The fourth-order valence-electron chi connectivity index (χ4n) is 2.31. The molecule has 1 rings (SSSR count). The van der Waals surface area contributed by atoms with E-state index in [2.05, 4.69) is 12.2 Å². The van der Waals surface area contributed by atoms with E-state index < -0.39 is 5.97 Å². The van der Waals surface area contributed by atoms with Crippen LogP contribution in [0, 0.1) is 5.92 Å². The average molecular weight is 213 g/mol. The lowest BCUT2D eigenvalue weighted by molar-refractivity contribution is -0.140. The maximum Gasteiger partial charge on any atom is 0.320 e. The zero-order valence-electron chi connectivity index (χ0n) is 9.67. The number of hydrogen-bond donors (Lipinski definition) is 2. The predicted molar refractivity (Wildman–Crippen MR) is 60.9 cm³/mol. The normalized spacial score (nSPS) is 26.5. The summed E-state index contributed by atoms with van der Waals surface area (Å²) in [4.78, 5) is 10.8. The first kappa shape index (κ1) is 12.5. The van der Waals surface area contributed by atoms with Crippen molar-refractivity contribution in [3.63, 3.8) is 0 Å². The van der Waals surface area contributed by atoms with Gasteiger partial charge in [-0.05, 0) is 25.3 Å². The zero-order chi connectivity index (χ0) is 11.1. The lowest BCUT2D eigenvalue weighted by Crippen LogP contribution is -2.43. The Bertz CT molecular complexity index is 194. The molecule has 3 nitrogen and oxygen atoms in total. The van der Waals surface area contributed by atoms with Crippen molar-refractivity contribution in [2.45, 2.75) is 57.9 Å². The highest BCUT2D eigenvalue weighted by atomic mass is 16.4. The standard InChI is InChI=1S/C12H23NO2/c1-2-3-4-5-6-10-7-8-13-11(9-10)12(14)15/h10-11,13H,2-9H2,1H3,(H,14,15). The molecule has 2 N–H and O–H groups in total. The van der Waals surface area contributed by atoms with E-state index in [0.717, 1.165) is 19.4 Å². The molecule has 1 aliphatic heterocycles. The second-order valence-electron chi connectivity index (χ2n) is 4.58. The molecular weight excluding hydrogens is 190 g/mol. The van der Waals surface area contributed by atoms with Gasteiger partial charge >= 0.3 is 5.97 Å². The molecule has 15 heavy (non-hydrogen) atoms. The summed E-state index contributed by atoms with van der Waals surface area (Å²) in [6.45, 7) is 3.08. The zero-order valence-corrected chi connectivity index (χ0v) is 9.67. The highest BCUT2D eigenvalue weighted by molar-refractivity contribution is 5.73. The van der Waals surface area contributed by atoms with Crippen LogP contribution in [0.1, 0.15) is 51.9 Å². The van der Waals surface area contributed by atoms with E-state index in [9.17, 15) is 4.79 Å². The monoisotopic (exact) mass is 213 g/mol. The summed E-state index contributed by atoms with van der Waals surface area (Å²) < 4.78 is 0. The number of carboxylic acid groups (broad SMARTS) is 1. The molecule has 3 heteroatoms. The lowest BCUT2D eigenvalue weighted by Gasteiger charge is -2.27. The van der Waals surface area contributed by atoms with E-state index in [4.69, 9.17) is 5.11 Å². The SMILES string of the molecule is CCCCCCC1CCNC(C(=O)O)C1. The quantitative estimate of drug-likeness (QED) is 0.666. The molecule has 0 saturated carbocycles. The molecule has 1 aliphatic rings. The Morgan fingerprint density at radius 1 is 1.40 bits per heavy atom. The van der Waals surface area contributed by atoms with Gasteiger partial charge in [-0.25, -0.2) is 0 Å². The molecule has 2 unspecified atom stereocenters. The summed E-state index contributed by atoms with van der Waals surface area (Å²) in [7, 11) is 0. The van der Waals surface area contributed by atoms with Gasteiger partial charge in [0.15, 0.2) is 0 Å². The average Bonchev–Trinajstić information content (AvgIpc) is 2.25. The molecule has 0 aromatic heterocycles. The van der Waals surface area contributed by atoms with Gasteiger partial charge in [0.05, 0.1) is 0 Å². The van der Waals surface area contributed by atoms with Gasteiger partial charge in [-0.15, -0.1) is 0 Å². The Morgan fingerprint density at radius 3 is 2.87 bits per heavy atom. The van der Waals surface area contributed by atoms with Gasteiger partial charge in [0, 0.05) is 0 Å². The molecule has 0 bridgehead atoms. The van der Waals surface area contributed by atoms with E-state index in [0.29, 0.717) is 5.92 Å². The van der Waals surface area contributed by atoms with Crippen LogP contribution in [0.2, 0.25) is 0 Å². The number of carbonyl (C=O) groups is 1. The second-order valence-corrected chi connectivity index (χ2v) is 4.58. The maximum absolute atomic E-state index is 10.8. The van der Waals surface area contributed by atoms with Gasteiger partial charge in [0.1, 0.15) is 6.04 Å². The molecule has 1 saturated heterocycles. The molecule has 0 spiro atoms. The van der Waals surface area contributed by atoms with Crippen molar-refractivity contribution in [3.8, 4) is 0 Å². The smallest absolute Gasteiger partial charge is 0.320 e. The Labute approximate surface area is 92.3 Å². The van der Waals surface area contributed by atoms with Crippen molar-refractivity contribution >= 4 is 5.97 Å². The summed E-state index contributed by atoms with van der Waals surface area (Å²) in [5.74, 6) is -0.0579. The summed E-state index contributed by atoms with van der Waals surface area (Å²) in [6.07, 6.45) is 8.34. The minimum absolute atomic E-state index is 0.296. The number of hydrogen-bond acceptors (Lipinski definition) is 2. The first-order valence-electron chi connectivity index (χ1n) is 6.20. The van der Waals surface area contributed by atoms with Crippen molar-refractivity contribution in [1.82, 2.24) is 5.32 Å². The van der Waals surface area contributed by atoms with Crippen molar-refractivity contribution in [3.05, 3.63) is 0 Å². The maximum atomic E-state index is 10.8. The fraction of sp³-hybridized carbons (Fsp3) is 0.917. The highest BCUT2D eigenvalue weighted by Gasteiger charge is 2.25. The van der Waals surface area contributed by atoms with Crippen LogP contribution in [0.25, 0.3) is 0 Å². The van der Waals surface area contributed by atoms with Gasteiger partial charge in [-0.3, -0.25) is 4.79 Å². The van der Waals surface area contributed by atoms with Crippen LogP contribution in [-0.2, 0) is 4.79 Å². The van der Waals surface area contributed by atoms with Crippen LogP contribution in [0.3, 0.4) is 0 Å². The Kier molecular flexibility index (Phi) is 5.69. The molecule has 2 atom stereocenters. The van der Waals surface area contributed by atoms with Crippen LogP contribution in [0.15, 0.2) is 0 Å². The molecule has 1 fully saturated rings. The van der Waals surface area contributed by atoms with Crippen molar-refractivity contribution < 1.29 is 9.90 Å². The molecule has 0 aliphatic carbocycles. The largest absolute Gasteiger partial charge is 0.480 e. The third kappa shape index (κ3) is 4.65. The van der Waals surface area contributed by atoms with Crippen LogP contribution >= 0.6 is 0 Å². The molecule has 88 valence electrons. The molecule has 1 heterocycles. The molecule has 0 radical (unpaired) electrons. The van der Waals surface area contributed by atoms with Gasteiger partial charge in [0.2, 0.25) is 0 Å². The van der Waals surface area contributed by atoms with E-state index in [-0.39, 0.29) is 6.04 Å². The summed E-state index contributed by atoms with van der Waals surface area (Å²) >= 11 is 0. The Hall–Kier alpha value is -0.570. The van der Waals surface area contributed by atoms with Gasteiger partial charge in [-0.1, -0.05) is 39.0 Å². The van der Waals surface area contributed by atoms with Gasteiger partial charge in [0.25, 0.3) is 0 Å². The summed E-state index contributed by atoms with van der Waals surface area (Å²) in [6, 6.07) is -0.296. The second kappa shape index (κ2) is 6.83. The van der Waals surface area contributed by atoms with E-state index in [1.54, 1.807) is 0 Å². The molecule has 0 aromatic carbocycles. The first-order valence-corrected chi connectivity index (χ1v) is 6.20. The number of aliphatic carboxylic acids is 1. The third-order valence-electron chi connectivity index (χ3n) is 3.28. The van der Waals surface area contributed by atoms with E-state index in [1.807, 2.05) is 0 Å². The summed E-state index contributed by atoms with van der Waals surface area (Å²) in [5.41, 5.74) is 0. The molecular formula is C12H23NO2. The van der Waals surface area contributed by atoms with Crippen LogP contribution < -0.4 is 5.32 Å². The lowest BCUT2D eigenvalue weighted by atomic mass is 9.88. The first-order chi connectivity index (χ1) is 7.24. The van der Waals surface area contributed by atoms with Crippen LogP contribution in [-0.4, -0.2) is 23.7 Å². The van der Waals surface area contributed by atoms with Gasteiger partial charge in [-0.2, -0.15) is 0 Å². The number of rotatable bonds is 6. The Balaban J connectivity index is 2.15. The molecule has 0 amide bonds. The number of carboxylic acids is 1. The van der Waals surface area contributed by atoms with Gasteiger partial charge < -0.3 is 10.4 Å². The van der Waals surface area contributed by atoms with Crippen LogP contribution in [0.4, 0.5) is 0 Å². The highest BCUT2D eigenvalue weighted by Crippen LogP contribution is 2.22. The minimum Gasteiger partial charge on any atom is -0.480 e. The summed E-state index contributed by atoms with van der Waals surface area (Å²) in [5, 5.41) is 12.0. The van der Waals surface area contributed by atoms with E-state index in [1.165, 1.54) is 32.1 Å². The molecule has 0 aromatic rings. The number of piperidine rings is 1. The van der Waals surface area contributed by atoms with Crippen molar-refractivity contribution in [2.75, 3.05) is 6.54 Å². The van der Waals surface area contributed by atoms with Crippen molar-refractivity contribution in [2.24, 2.45) is 5.92 Å². The third-order valence-corrected chi connectivity index (χ3v) is 3.28. The predicted octanol–water partition coefficient (Wildman–Crippen LogP) is 2.41. The van der Waals surface area contributed by atoms with E-state index >= 15 is 0 Å². The van der Waals surface area contributed by atoms with Crippen molar-refractivity contribution in [1.29, 1.82) is 0 Å².